The van der Waals surface area contributed by atoms with Crippen LogP contribution in [0.1, 0.15) is 45.9 Å². The Balaban J connectivity index is 1.40. The minimum atomic E-state index is -4.85. The number of carbonyl (C=O) groups is 1. The number of ether oxygens (including phenoxy) is 2. The zero-order valence-corrected chi connectivity index (χ0v) is 26.1. The normalized spacial score (nSPS) is 19.3. The summed E-state index contributed by atoms with van der Waals surface area (Å²) in [7, 11) is 1.07. The van der Waals surface area contributed by atoms with E-state index < -0.39 is 39.8 Å². The fraction of sp³-hybridized carbons (Fsp3) is 0.433. The molecule has 1 amide bonds. The number of likely N-dealkylation sites (N-methyl/N-ethyl adjacent to an activating group) is 1. The smallest absolute Gasteiger partial charge is 0.423 e. The lowest BCUT2D eigenvalue weighted by Gasteiger charge is -2.29. The van der Waals surface area contributed by atoms with Gasteiger partial charge in [0.2, 0.25) is 21.9 Å². The number of hydrogen-bond acceptors (Lipinski definition) is 9. The quantitative estimate of drug-likeness (QED) is 0.354. The molecule has 0 saturated carbocycles. The van der Waals surface area contributed by atoms with E-state index in [4.69, 9.17) is 9.47 Å². The summed E-state index contributed by atoms with van der Waals surface area (Å²) < 4.78 is 79.6. The Morgan fingerprint density at radius 1 is 1.13 bits per heavy atom. The third-order valence-corrected chi connectivity index (χ3v) is 9.42. The van der Waals surface area contributed by atoms with E-state index in [-0.39, 0.29) is 30.1 Å². The summed E-state index contributed by atoms with van der Waals surface area (Å²) in [5, 5.41) is 5.89. The Morgan fingerprint density at radius 3 is 2.51 bits per heavy atom. The molecule has 0 radical (unpaired) electrons. The summed E-state index contributed by atoms with van der Waals surface area (Å²) >= 11 is 0. The molecule has 2 atom stereocenters. The van der Waals surface area contributed by atoms with Crippen LogP contribution in [0.5, 0.6) is 11.6 Å². The van der Waals surface area contributed by atoms with Crippen LogP contribution in [0.25, 0.3) is 0 Å². The summed E-state index contributed by atoms with van der Waals surface area (Å²) in [5.41, 5.74) is 0.852. The third-order valence-electron chi connectivity index (χ3n) is 8.15. The van der Waals surface area contributed by atoms with Crippen molar-refractivity contribution in [3.05, 3.63) is 70.9 Å². The lowest BCUT2D eigenvalue weighted by Crippen LogP contribution is -2.43. The third kappa shape index (κ3) is 7.31. The lowest BCUT2D eigenvalue weighted by molar-refractivity contribution is -0.140. The number of sulfonamides is 1. The number of nitrogens with one attached hydrogen (secondary N) is 2. The van der Waals surface area contributed by atoms with Crippen LogP contribution in [0.2, 0.25) is 0 Å². The first-order valence-corrected chi connectivity index (χ1v) is 16.2. The number of fused-ring (bicyclic) bond motifs is 1. The molecule has 11 nitrogen and oxygen atoms in total. The van der Waals surface area contributed by atoms with Gasteiger partial charge < -0.3 is 25.0 Å². The van der Waals surface area contributed by atoms with Crippen molar-refractivity contribution < 1.29 is 35.9 Å². The van der Waals surface area contributed by atoms with Gasteiger partial charge in [-0.05, 0) is 62.3 Å². The highest BCUT2D eigenvalue weighted by molar-refractivity contribution is 7.88. The number of nitrogens with zero attached hydrogens (tertiary/aromatic N) is 4. The van der Waals surface area contributed by atoms with Gasteiger partial charge in [0.05, 0.1) is 25.1 Å². The summed E-state index contributed by atoms with van der Waals surface area (Å²) in [4.78, 5) is 23.0. The van der Waals surface area contributed by atoms with Gasteiger partial charge in [0.15, 0.2) is 0 Å². The van der Waals surface area contributed by atoms with E-state index in [1.807, 2.05) is 7.05 Å². The molecule has 1 aliphatic carbocycles. The van der Waals surface area contributed by atoms with Crippen LogP contribution in [-0.4, -0.2) is 86.2 Å². The van der Waals surface area contributed by atoms with Crippen molar-refractivity contribution in [2.45, 2.75) is 43.6 Å². The van der Waals surface area contributed by atoms with E-state index in [2.05, 4.69) is 25.5 Å². The highest BCUT2D eigenvalue weighted by atomic mass is 32.2. The van der Waals surface area contributed by atoms with Crippen LogP contribution < -0.4 is 20.1 Å². The first kappa shape index (κ1) is 32.4. The average molecular weight is 649 g/mol. The van der Waals surface area contributed by atoms with Gasteiger partial charge in [-0.3, -0.25) is 4.79 Å². The van der Waals surface area contributed by atoms with Crippen LogP contribution >= 0.6 is 0 Å². The Bertz CT molecular complexity index is 1660. The van der Waals surface area contributed by atoms with Crippen LogP contribution in [0, 0.1) is 0 Å². The van der Waals surface area contributed by atoms with Gasteiger partial charge in [0.25, 0.3) is 5.91 Å². The summed E-state index contributed by atoms with van der Waals surface area (Å²) in [5.74, 6) is -0.985. The summed E-state index contributed by atoms with van der Waals surface area (Å²) in [6.07, 6.45) is -2.37. The second-order valence-electron chi connectivity index (χ2n) is 11.3. The average Bonchev–Trinajstić information content (AvgIpc) is 3.34. The van der Waals surface area contributed by atoms with Crippen molar-refractivity contribution in [2.75, 3.05) is 45.9 Å². The molecule has 2 N–H and O–H groups in total. The molecule has 0 unspecified atom stereocenters. The topological polar surface area (TPSA) is 126 Å². The minimum Gasteiger partial charge on any atom is -0.495 e. The van der Waals surface area contributed by atoms with Crippen molar-refractivity contribution in [1.82, 2.24) is 24.5 Å². The van der Waals surface area contributed by atoms with Gasteiger partial charge in [0, 0.05) is 31.3 Å². The number of likely N-dealkylation sites (tertiary alicyclic amines) is 1. The fourth-order valence-corrected chi connectivity index (χ4v) is 6.27. The van der Waals surface area contributed by atoms with Crippen LogP contribution in [0.4, 0.5) is 24.8 Å². The molecule has 0 spiro atoms. The van der Waals surface area contributed by atoms with E-state index >= 15 is 0 Å². The van der Waals surface area contributed by atoms with Crippen LogP contribution in [0.3, 0.4) is 0 Å². The maximum Gasteiger partial charge on any atom is 0.423 e. The second-order valence-corrected chi connectivity index (χ2v) is 13.3. The molecule has 2 aliphatic rings. The van der Waals surface area contributed by atoms with Crippen molar-refractivity contribution in [2.24, 2.45) is 0 Å². The SMILES string of the molecule is COc1cc(C(=O)NC2CCN(C)CC2)ccc1Nc1ncc(C(F)(F)F)c(O[C@H]2Cc3ccccc3[C@@H]2N(C)S(C)(=O)=O)n1. The Hall–Kier alpha value is -3.95. The first-order valence-electron chi connectivity index (χ1n) is 14.3. The van der Waals surface area contributed by atoms with Gasteiger partial charge in [-0.25, -0.2) is 13.4 Å². The second kappa shape index (κ2) is 12.8. The van der Waals surface area contributed by atoms with E-state index in [0.717, 1.165) is 42.1 Å². The number of halogens is 3. The van der Waals surface area contributed by atoms with E-state index in [1.165, 1.54) is 20.2 Å². The van der Waals surface area contributed by atoms with Crippen molar-refractivity contribution in [3.8, 4) is 11.6 Å². The van der Waals surface area contributed by atoms with E-state index in [9.17, 15) is 26.4 Å². The van der Waals surface area contributed by atoms with Gasteiger partial charge in [-0.1, -0.05) is 24.3 Å². The highest BCUT2D eigenvalue weighted by Gasteiger charge is 2.43. The van der Waals surface area contributed by atoms with Gasteiger partial charge in [-0.15, -0.1) is 0 Å². The highest BCUT2D eigenvalue weighted by Crippen LogP contribution is 2.42. The number of piperidine rings is 1. The number of hydrogen-bond donors (Lipinski definition) is 2. The van der Waals surface area contributed by atoms with Gasteiger partial charge >= 0.3 is 6.18 Å². The molecule has 1 fully saturated rings. The molecule has 242 valence electrons. The van der Waals surface area contributed by atoms with Gasteiger partial charge in [0.1, 0.15) is 17.4 Å². The molecule has 1 aromatic heterocycles. The predicted octanol–water partition coefficient (Wildman–Crippen LogP) is 4.01. The molecule has 5 rings (SSSR count). The Labute approximate surface area is 259 Å². The van der Waals surface area contributed by atoms with Gasteiger partial charge in [-0.2, -0.15) is 22.5 Å². The summed E-state index contributed by atoms with van der Waals surface area (Å²) in [6, 6.07) is 10.8. The number of rotatable bonds is 9. The Morgan fingerprint density at radius 2 is 1.84 bits per heavy atom. The van der Waals surface area contributed by atoms with Crippen molar-refractivity contribution >= 4 is 27.6 Å². The van der Waals surface area contributed by atoms with E-state index in [1.54, 1.807) is 36.4 Å². The zero-order chi connectivity index (χ0) is 32.5. The molecular weight excluding hydrogens is 613 g/mol. The number of benzene rings is 2. The molecular formula is C30H35F3N6O5S. The Kier molecular flexibility index (Phi) is 9.23. The first-order chi connectivity index (χ1) is 21.2. The molecule has 0 bridgehead atoms. The monoisotopic (exact) mass is 648 g/mol. The molecule has 3 aromatic rings. The molecule has 2 heterocycles. The maximum atomic E-state index is 14.1. The maximum absolute atomic E-state index is 14.1. The standard InChI is InChI=1S/C30H35F3N6O5S/c1-38-13-11-20(12-14-38)35-27(40)19-9-10-23(24(16-19)43-3)36-29-34-17-22(30(31,32)33)28(37-29)44-25-15-18-7-5-6-8-21(18)26(25)39(2)45(4,41)42/h5-10,16-17,20,25-26H,11-15H2,1-4H3,(H,35,40)(H,34,36,37)/t25-,26-/m0/s1. The number of methoxy groups -OCH3 is 1. The number of carbonyl (C=O) groups excluding carboxylic acids is 1. The van der Waals surface area contributed by atoms with E-state index in [0.29, 0.717) is 23.0 Å². The molecule has 1 saturated heterocycles. The zero-order valence-electron chi connectivity index (χ0n) is 25.3. The molecule has 45 heavy (non-hydrogen) atoms. The molecule has 2 aromatic carbocycles. The number of amides is 1. The fourth-order valence-electron chi connectivity index (χ4n) is 5.61. The number of anilines is 2. The number of aromatic nitrogens is 2. The summed E-state index contributed by atoms with van der Waals surface area (Å²) in [6.45, 7) is 1.78. The molecule has 1 aliphatic heterocycles. The molecule has 15 heteroatoms. The minimum absolute atomic E-state index is 0.0564. The predicted molar refractivity (Wildman–Crippen MR) is 161 cm³/mol. The van der Waals surface area contributed by atoms with Crippen molar-refractivity contribution in [3.63, 3.8) is 0 Å². The lowest BCUT2D eigenvalue weighted by atomic mass is 10.0. The number of alkyl halides is 3. The van der Waals surface area contributed by atoms with Crippen molar-refractivity contribution in [1.29, 1.82) is 0 Å². The largest absolute Gasteiger partial charge is 0.495 e. The van der Waals surface area contributed by atoms with Crippen LogP contribution in [0.15, 0.2) is 48.7 Å². The van der Waals surface area contributed by atoms with Crippen LogP contribution in [-0.2, 0) is 22.6 Å².